The Balaban J connectivity index is 1.22. The molecule has 41 heavy (non-hydrogen) atoms. The first kappa shape index (κ1) is 26.9. The summed E-state index contributed by atoms with van der Waals surface area (Å²) >= 11 is 0. The Labute approximate surface area is 237 Å². The zero-order valence-corrected chi connectivity index (χ0v) is 23.3. The smallest absolute Gasteiger partial charge is 0.410 e. The Morgan fingerprint density at radius 3 is 2.56 bits per heavy atom. The Morgan fingerprint density at radius 1 is 1.10 bits per heavy atom. The van der Waals surface area contributed by atoms with Crippen LogP contribution in [0.25, 0.3) is 10.8 Å². The average molecular weight is 560 g/mol. The highest BCUT2D eigenvalue weighted by Gasteiger charge is 2.41. The van der Waals surface area contributed by atoms with Gasteiger partial charge in [0, 0.05) is 42.2 Å². The highest BCUT2D eigenvalue weighted by Crippen LogP contribution is 2.43. The molecule has 0 spiro atoms. The van der Waals surface area contributed by atoms with Gasteiger partial charge in [0.2, 0.25) is 11.8 Å². The van der Waals surface area contributed by atoms with Crippen molar-refractivity contribution in [3.8, 4) is 0 Å². The van der Waals surface area contributed by atoms with E-state index >= 15 is 0 Å². The second kappa shape index (κ2) is 9.99. The van der Waals surface area contributed by atoms with E-state index in [2.05, 4.69) is 10.4 Å². The van der Waals surface area contributed by atoms with Gasteiger partial charge in [0.25, 0.3) is 5.91 Å². The van der Waals surface area contributed by atoms with Crippen molar-refractivity contribution >= 4 is 40.3 Å². The van der Waals surface area contributed by atoms with Gasteiger partial charge in [-0.25, -0.2) is 4.79 Å². The van der Waals surface area contributed by atoms with Crippen molar-refractivity contribution in [2.75, 3.05) is 18.0 Å². The minimum Gasteiger partial charge on any atom is -0.444 e. The molecule has 2 atom stereocenters. The molecule has 0 radical (unpaired) electrons. The molecule has 3 aliphatic heterocycles. The van der Waals surface area contributed by atoms with Gasteiger partial charge in [-0.1, -0.05) is 18.2 Å². The number of amides is 4. The second-order valence-corrected chi connectivity index (χ2v) is 11.9. The molecule has 214 valence electrons. The fourth-order valence-corrected chi connectivity index (χ4v) is 6.02. The maximum Gasteiger partial charge on any atom is 0.410 e. The molecular weight excluding hydrogens is 526 g/mol. The zero-order chi connectivity index (χ0) is 29.1. The number of aliphatic hydroxyl groups is 1. The first-order valence-corrected chi connectivity index (χ1v) is 13.9. The van der Waals surface area contributed by atoms with Crippen LogP contribution in [-0.4, -0.2) is 68.3 Å². The number of nitrogens with zero attached hydrogens (tertiary/aromatic N) is 4. The number of likely N-dealkylation sites (tertiary alicyclic amines) is 1. The Kier molecular flexibility index (Phi) is 6.56. The molecule has 3 aromatic rings. The number of imide groups is 1. The van der Waals surface area contributed by atoms with E-state index in [-0.39, 0.29) is 36.8 Å². The number of carbonyl (C=O) groups excluding carboxylic acids is 4. The molecule has 2 unspecified atom stereocenters. The minimum atomic E-state index is -0.991. The minimum absolute atomic E-state index is 0.0853. The third-order valence-corrected chi connectivity index (χ3v) is 8.00. The lowest BCUT2D eigenvalue weighted by molar-refractivity contribution is -0.134. The molecule has 2 saturated heterocycles. The highest BCUT2D eigenvalue weighted by molar-refractivity contribution is 6.27. The summed E-state index contributed by atoms with van der Waals surface area (Å²) in [5, 5.41) is 19.7. The van der Waals surface area contributed by atoms with E-state index in [0.29, 0.717) is 46.2 Å². The maximum atomic E-state index is 13.4. The standard InChI is InChI=1S/C30H33N5O6/c1-30(2,3)41-29(40)33-13-11-18(12-14-33)34-16-17(15-31-34)26(37)20-7-8-22-25-19(20)5-4-6-21(25)28(39)35(22)23-9-10-24(36)32-27(23)38/h4-8,15-16,18,23,26,37H,9-14H2,1-3H3,(H,32,36,38). The molecule has 2 aromatic carbocycles. The predicted molar refractivity (Wildman–Crippen MR) is 149 cm³/mol. The molecule has 4 heterocycles. The molecule has 4 amide bonds. The van der Waals surface area contributed by atoms with Crippen LogP contribution in [0, 0.1) is 0 Å². The summed E-state index contributed by atoms with van der Waals surface area (Å²) in [6, 6.07) is 8.20. The number of aromatic nitrogens is 2. The Bertz CT molecular complexity index is 1570. The number of benzene rings is 2. The third-order valence-electron chi connectivity index (χ3n) is 8.00. The van der Waals surface area contributed by atoms with Gasteiger partial charge in [-0.05, 0) is 63.1 Å². The van der Waals surface area contributed by atoms with Crippen molar-refractivity contribution in [3.63, 3.8) is 0 Å². The summed E-state index contributed by atoms with van der Waals surface area (Å²) in [6.07, 6.45) is 4.04. The van der Waals surface area contributed by atoms with Crippen LogP contribution in [0.4, 0.5) is 10.5 Å². The molecule has 1 aromatic heterocycles. The quantitative estimate of drug-likeness (QED) is 0.468. The van der Waals surface area contributed by atoms with E-state index in [1.807, 2.05) is 37.7 Å². The van der Waals surface area contributed by atoms with Crippen molar-refractivity contribution in [2.45, 2.75) is 70.2 Å². The van der Waals surface area contributed by atoms with Crippen LogP contribution in [0.15, 0.2) is 42.7 Å². The van der Waals surface area contributed by atoms with E-state index in [9.17, 15) is 24.3 Å². The van der Waals surface area contributed by atoms with Gasteiger partial charge in [0.15, 0.2) is 0 Å². The lowest BCUT2D eigenvalue weighted by Gasteiger charge is -2.33. The first-order valence-electron chi connectivity index (χ1n) is 13.9. The summed E-state index contributed by atoms with van der Waals surface area (Å²) in [7, 11) is 0. The monoisotopic (exact) mass is 559 g/mol. The predicted octanol–water partition coefficient (Wildman–Crippen LogP) is 3.46. The van der Waals surface area contributed by atoms with Crippen molar-refractivity contribution < 1.29 is 29.0 Å². The Morgan fingerprint density at radius 2 is 1.85 bits per heavy atom. The molecule has 0 aliphatic carbocycles. The second-order valence-electron chi connectivity index (χ2n) is 11.9. The van der Waals surface area contributed by atoms with Gasteiger partial charge >= 0.3 is 6.09 Å². The molecule has 2 fully saturated rings. The normalized spacial score (nSPS) is 20.5. The fourth-order valence-electron chi connectivity index (χ4n) is 6.02. The number of aliphatic hydroxyl groups excluding tert-OH is 1. The number of carbonyl (C=O) groups is 4. The lowest BCUT2D eigenvalue weighted by atomic mass is 9.95. The summed E-state index contributed by atoms with van der Waals surface area (Å²) in [5.41, 5.74) is 1.76. The molecule has 3 aliphatic rings. The average Bonchev–Trinajstić information content (AvgIpc) is 3.53. The summed E-state index contributed by atoms with van der Waals surface area (Å²) < 4.78 is 7.34. The summed E-state index contributed by atoms with van der Waals surface area (Å²) in [5.74, 6) is -1.12. The number of rotatable bonds is 4. The fraction of sp³-hybridized carbons (Fsp3) is 0.433. The molecule has 11 heteroatoms. The Hall–Kier alpha value is -4.25. The molecule has 2 N–H and O–H groups in total. The highest BCUT2D eigenvalue weighted by atomic mass is 16.6. The SMILES string of the molecule is CC(C)(C)OC(=O)N1CCC(n2cc(C(O)c3ccc4c5c(cccc35)C(=O)N4C3CCC(=O)NC3=O)cn2)CC1. The number of hydrogen-bond acceptors (Lipinski definition) is 7. The largest absolute Gasteiger partial charge is 0.444 e. The van der Waals surface area contributed by atoms with Crippen LogP contribution >= 0.6 is 0 Å². The van der Waals surface area contributed by atoms with Crippen LogP contribution in [0.2, 0.25) is 0 Å². The third kappa shape index (κ3) is 4.84. The van der Waals surface area contributed by atoms with Crippen molar-refractivity contribution in [1.82, 2.24) is 20.0 Å². The zero-order valence-electron chi connectivity index (χ0n) is 23.3. The van der Waals surface area contributed by atoms with Gasteiger partial charge in [-0.3, -0.25) is 29.3 Å². The molecular formula is C30H33N5O6. The van der Waals surface area contributed by atoms with E-state index in [4.69, 9.17) is 4.74 Å². The summed E-state index contributed by atoms with van der Waals surface area (Å²) in [6.45, 7) is 6.67. The van der Waals surface area contributed by atoms with E-state index in [1.54, 1.807) is 35.4 Å². The van der Waals surface area contributed by atoms with E-state index in [1.165, 1.54) is 4.90 Å². The van der Waals surface area contributed by atoms with Crippen LogP contribution in [0.5, 0.6) is 0 Å². The lowest BCUT2D eigenvalue weighted by Crippen LogP contribution is -2.53. The number of piperidine rings is 2. The maximum absolute atomic E-state index is 13.4. The topological polar surface area (TPSA) is 134 Å². The van der Waals surface area contributed by atoms with E-state index < -0.39 is 23.7 Å². The number of anilines is 1. The van der Waals surface area contributed by atoms with Crippen LogP contribution < -0.4 is 10.2 Å². The summed E-state index contributed by atoms with van der Waals surface area (Å²) in [4.78, 5) is 53.3. The van der Waals surface area contributed by atoms with Gasteiger partial charge in [-0.2, -0.15) is 5.10 Å². The van der Waals surface area contributed by atoms with Crippen LogP contribution in [-0.2, 0) is 14.3 Å². The van der Waals surface area contributed by atoms with Crippen LogP contribution in [0.3, 0.4) is 0 Å². The van der Waals surface area contributed by atoms with Gasteiger partial charge < -0.3 is 14.7 Å². The van der Waals surface area contributed by atoms with Crippen molar-refractivity contribution in [2.24, 2.45) is 0 Å². The van der Waals surface area contributed by atoms with Crippen LogP contribution in [0.1, 0.15) is 80.1 Å². The molecule has 6 rings (SSSR count). The molecule has 11 nitrogen and oxygen atoms in total. The molecule has 0 saturated carbocycles. The number of hydrogen-bond donors (Lipinski definition) is 2. The van der Waals surface area contributed by atoms with Gasteiger partial charge in [0.1, 0.15) is 17.7 Å². The first-order chi connectivity index (χ1) is 19.5. The van der Waals surface area contributed by atoms with Gasteiger partial charge in [0.05, 0.1) is 17.9 Å². The molecule has 0 bridgehead atoms. The van der Waals surface area contributed by atoms with Crippen molar-refractivity contribution in [3.05, 3.63) is 59.4 Å². The van der Waals surface area contributed by atoms with E-state index in [0.717, 1.165) is 12.8 Å². The van der Waals surface area contributed by atoms with Crippen molar-refractivity contribution in [1.29, 1.82) is 0 Å². The number of ether oxygens (including phenoxy) is 1. The number of nitrogens with one attached hydrogen (secondary N) is 1. The van der Waals surface area contributed by atoms with Gasteiger partial charge in [-0.15, -0.1) is 0 Å².